The molecule has 0 bridgehead atoms. The highest BCUT2D eigenvalue weighted by Crippen LogP contribution is 2.07. The summed E-state index contributed by atoms with van der Waals surface area (Å²) in [6.07, 6.45) is 2.73. The van der Waals surface area contributed by atoms with Crippen LogP contribution < -0.4 is 0 Å². The molecule has 13 heavy (non-hydrogen) atoms. The Hall–Kier alpha value is -1.41. The van der Waals surface area contributed by atoms with Gasteiger partial charge in [-0.05, 0) is 13.3 Å². The van der Waals surface area contributed by atoms with Crippen LogP contribution in [0.1, 0.15) is 20.3 Å². The van der Waals surface area contributed by atoms with E-state index in [-0.39, 0.29) is 6.04 Å². The Morgan fingerprint density at radius 3 is 2.77 bits per heavy atom. The lowest BCUT2D eigenvalue weighted by Crippen LogP contribution is -2.25. The van der Waals surface area contributed by atoms with Crippen LogP contribution in [0.25, 0.3) is 0 Å². The normalized spacial score (nSPS) is 13.7. The largest absolute Gasteiger partial charge is 0.457 e. The number of ether oxygens (including phenoxy) is 1. The zero-order valence-electron chi connectivity index (χ0n) is 7.82. The van der Waals surface area contributed by atoms with Crippen molar-refractivity contribution in [2.24, 2.45) is 4.99 Å². The highest BCUT2D eigenvalue weighted by Gasteiger charge is 2.17. The average molecular weight is 183 g/mol. The van der Waals surface area contributed by atoms with Crippen molar-refractivity contribution in [3.05, 3.63) is 12.7 Å². The summed E-state index contributed by atoms with van der Waals surface area (Å²) >= 11 is 0. The van der Waals surface area contributed by atoms with Crippen molar-refractivity contribution in [1.29, 1.82) is 0 Å². The molecule has 0 aromatic carbocycles. The predicted molar refractivity (Wildman–Crippen MR) is 48.0 cm³/mol. The van der Waals surface area contributed by atoms with Crippen LogP contribution in [0.4, 0.5) is 0 Å². The van der Waals surface area contributed by atoms with Gasteiger partial charge in [0.2, 0.25) is 6.08 Å². The summed E-state index contributed by atoms with van der Waals surface area (Å²) in [5.74, 6) is -0.507. The van der Waals surface area contributed by atoms with Crippen molar-refractivity contribution in [1.82, 2.24) is 0 Å². The van der Waals surface area contributed by atoms with Gasteiger partial charge in [0.15, 0.2) is 0 Å². The molecule has 2 atom stereocenters. The average Bonchev–Trinajstić information content (AvgIpc) is 2.13. The standard InChI is InChI=1S/C9H13NO3/c1-4-8(10-6-11)7(3)13-9(12)5-2/h5,7-8H,2,4H2,1,3H3. The topological polar surface area (TPSA) is 55.7 Å². The Morgan fingerprint density at radius 1 is 1.77 bits per heavy atom. The molecule has 0 aliphatic heterocycles. The monoisotopic (exact) mass is 183 g/mol. The maximum absolute atomic E-state index is 10.8. The third-order valence-corrected chi connectivity index (χ3v) is 1.65. The van der Waals surface area contributed by atoms with E-state index in [0.29, 0.717) is 6.42 Å². The van der Waals surface area contributed by atoms with Crippen molar-refractivity contribution in [3.8, 4) is 0 Å². The van der Waals surface area contributed by atoms with Gasteiger partial charge in [-0.3, -0.25) is 0 Å². The van der Waals surface area contributed by atoms with E-state index in [4.69, 9.17) is 4.74 Å². The molecule has 0 aromatic rings. The molecular weight excluding hydrogens is 170 g/mol. The second-order valence-corrected chi connectivity index (χ2v) is 2.54. The van der Waals surface area contributed by atoms with Gasteiger partial charge in [0.1, 0.15) is 6.10 Å². The Morgan fingerprint density at radius 2 is 2.38 bits per heavy atom. The van der Waals surface area contributed by atoms with Gasteiger partial charge in [-0.1, -0.05) is 13.5 Å². The first-order valence-electron chi connectivity index (χ1n) is 4.05. The lowest BCUT2D eigenvalue weighted by molar-refractivity contribution is -0.143. The fourth-order valence-corrected chi connectivity index (χ4v) is 0.906. The van der Waals surface area contributed by atoms with Crippen LogP contribution in [0, 0.1) is 0 Å². The zero-order valence-corrected chi connectivity index (χ0v) is 7.82. The molecular formula is C9H13NO3. The van der Waals surface area contributed by atoms with Crippen molar-refractivity contribution in [2.75, 3.05) is 0 Å². The van der Waals surface area contributed by atoms with Crippen molar-refractivity contribution in [2.45, 2.75) is 32.4 Å². The molecule has 0 heterocycles. The van der Waals surface area contributed by atoms with Crippen LogP contribution in [0.3, 0.4) is 0 Å². The molecule has 0 saturated heterocycles. The molecule has 0 aliphatic rings. The molecule has 0 amide bonds. The summed E-state index contributed by atoms with van der Waals surface area (Å²) in [4.78, 5) is 24.3. The maximum Gasteiger partial charge on any atom is 0.330 e. The minimum Gasteiger partial charge on any atom is -0.457 e. The van der Waals surface area contributed by atoms with E-state index in [1.807, 2.05) is 6.92 Å². The number of hydrogen-bond acceptors (Lipinski definition) is 4. The van der Waals surface area contributed by atoms with Crippen LogP contribution in [-0.4, -0.2) is 24.2 Å². The highest BCUT2D eigenvalue weighted by molar-refractivity contribution is 5.81. The highest BCUT2D eigenvalue weighted by atomic mass is 16.5. The van der Waals surface area contributed by atoms with Gasteiger partial charge in [-0.15, -0.1) is 0 Å². The van der Waals surface area contributed by atoms with Crippen LogP contribution in [-0.2, 0) is 14.3 Å². The quantitative estimate of drug-likeness (QED) is 0.278. The predicted octanol–water partition coefficient (Wildman–Crippen LogP) is 1.22. The summed E-state index contributed by atoms with van der Waals surface area (Å²) in [6, 6.07) is -0.318. The summed E-state index contributed by atoms with van der Waals surface area (Å²) in [6.45, 7) is 6.79. The first kappa shape index (κ1) is 11.6. The molecule has 0 aliphatic carbocycles. The number of aliphatic imine (C=N–C) groups is 1. The molecule has 4 nitrogen and oxygen atoms in total. The van der Waals surface area contributed by atoms with Gasteiger partial charge in [0.25, 0.3) is 0 Å². The van der Waals surface area contributed by atoms with Crippen LogP contribution >= 0.6 is 0 Å². The number of esters is 1. The van der Waals surface area contributed by atoms with E-state index >= 15 is 0 Å². The van der Waals surface area contributed by atoms with Gasteiger partial charge < -0.3 is 4.74 Å². The third-order valence-electron chi connectivity index (χ3n) is 1.65. The Balaban J connectivity index is 4.19. The van der Waals surface area contributed by atoms with E-state index < -0.39 is 12.1 Å². The molecule has 0 radical (unpaired) electrons. The van der Waals surface area contributed by atoms with Gasteiger partial charge in [0, 0.05) is 6.08 Å². The third kappa shape index (κ3) is 4.23. The van der Waals surface area contributed by atoms with E-state index in [0.717, 1.165) is 6.08 Å². The summed E-state index contributed by atoms with van der Waals surface area (Å²) in [5.41, 5.74) is 0. The minimum atomic E-state index is -0.507. The number of carbonyl (C=O) groups excluding carboxylic acids is 2. The summed E-state index contributed by atoms with van der Waals surface area (Å²) < 4.78 is 4.88. The molecule has 0 saturated carbocycles. The molecule has 0 rings (SSSR count). The Bertz CT molecular complexity index is 231. The number of nitrogens with zero attached hydrogens (tertiary/aromatic N) is 1. The molecule has 0 spiro atoms. The molecule has 2 unspecified atom stereocenters. The van der Waals surface area contributed by atoms with Crippen molar-refractivity contribution < 1.29 is 14.3 Å². The zero-order chi connectivity index (χ0) is 10.3. The van der Waals surface area contributed by atoms with E-state index in [9.17, 15) is 9.59 Å². The van der Waals surface area contributed by atoms with Gasteiger partial charge in [-0.2, -0.15) is 4.99 Å². The lowest BCUT2D eigenvalue weighted by atomic mass is 10.1. The van der Waals surface area contributed by atoms with Gasteiger partial charge in [-0.25, -0.2) is 9.59 Å². The fraction of sp³-hybridized carbons (Fsp3) is 0.556. The molecule has 0 aromatic heterocycles. The second kappa shape index (κ2) is 6.14. The van der Waals surface area contributed by atoms with E-state index in [1.165, 1.54) is 6.08 Å². The van der Waals surface area contributed by atoms with Crippen LogP contribution in [0.5, 0.6) is 0 Å². The van der Waals surface area contributed by atoms with Gasteiger partial charge >= 0.3 is 5.97 Å². The molecule has 4 heteroatoms. The van der Waals surface area contributed by atoms with Gasteiger partial charge in [0.05, 0.1) is 6.04 Å². The second-order valence-electron chi connectivity index (χ2n) is 2.54. The van der Waals surface area contributed by atoms with Crippen molar-refractivity contribution >= 4 is 12.0 Å². The molecule has 0 N–H and O–H groups in total. The number of isocyanates is 1. The van der Waals surface area contributed by atoms with Crippen LogP contribution in [0.15, 0.2) is 17.6 Å². The smallest absolute Gasteiger partial charge is 0.330 e. The van der Waals surface area contributed by atoms with E-state index in [1.54, 1.807) is 6.92 Å². The van der Waals surface area contributed by atoms with E-state index in [2.05, 4.69) is 11.6 Å². The fourth-order valence-electron chi connectivity index (χ4n) is 0.906. The maximum atomic E-state index is 10.8. The minimum absolute atomic E-state index is 0.318. The first-order valence-corrected chi connectivity index (χ1v) is 4.05. The number of rotatable bonds is 5. The van der Waals surface area contributed by atoms with Crippen molar-refractivity contribution in [3.63, 3.8) is 0 Å². The SMILES string of the molecule is C=CC(=O)OC(C)C(CC)N=C=O. The Labute approximate surface area is 77.3 Å². The number of hydrogen-bond donors (Lipinski definition) is 0. The first-order chi connectivity index (χ1) is 6.15. The van der Waals surface area contributed by atoms with Crippen LogP contribution in [0.2, 0.25) is 0 Å². The lowest BCUT2D eigenvalue weighted by Gasteiger charge is -2.16. The molecule has 72 valence electrons. The molecule has 0 fully saturated rings. The summed E-state index contributed by atoms with van der Waals surface area (Å²) in [5, 5.41) is 0. The Kier molecular flexibility index (Phi) is 5.48. The number of carbonyl (C=O) groups is 1. The summed E-state index contributed by atoms with van der Waals surface area (Å²) in [7, 11) is 0.